The van der Waals surface area contributed by atoms with Gasteiger partial charge in [0.1, 0.15) is 0 Å². The molecule has 0 radical (unpaired) electrons. The molecular formula is C15H27N3OS2. The quantitative estimate of drug-likeness (QED) is 0.705. The molecule has 1 saturated heterocycles. The third kappa shape index (κ3) is 4.84. The van der Waals surface area contributed by atoms with Gasteiger partial charge in [-0.2, -0.15) is 11.8 Å². The molecule has 1 aromatic rings. The fourth-order valence-electron chi connectivity index (χ4n) is 2.45. The first-order valence-electron chi connectivity index (χ1n) is 7.75. The van der Waals surface area contributed by atoms with Gasteiger partial charge in [0.2, 0.25) is 0 Å². The molecule has 0 saturated carbocycles. The molecule has 1 N–H and O–H groups in total. The lowest BCUT2D eigenvalue weighted by Gasteiger charge is -2.22. The topological polar surface area (TPSA) is 37.4 Å². The summed E-state index contributed by atoms with van der Waals surface area (Å²) in [6.07, 6.45) is 3.51. The van der Waals surface area contributed by atoms with Gasteiger partial charge in [0, 0.05) is 43.9 Å². The molecule has 0 bridgehead atoms. The number of thioether (sulfide) groups is 1. The van der Waals surface area contributed by atoms with Crippen molar-refractivity contribution in [3.05, 3.63) is 10.6 Å². The van der Waals surface area contributed by atoms with Crippen LogP contribution in [0.25, 0.3) is 0 Å². The fourth-order valence-corrected chi connectivity index (χ4v) is 4.83. The average Bonchev–Trinajstić information content (AvgIpc) is 3.13. The van der Waals surface area contributed by atoms with E-state index in [1.807, 2.05) is 11.3 Å². The monoisotopic (exact) mass is 329 g/mol. The summed E-state index contributed by atoms with van der Waals surface area (Å²) >= 11 is 3.91. The normalized spacial score (nSPS) is 18.3. The smallest absolute Gasteiger partial charge is 0.185 e. The minimum Gasteiger partial charge on any atom is -0.383 e. The van der Waals surface area contributed by atoms with Crippen molar-refractivity contribution in [1.82, 2.24) is 10.3 Å². The number of aryl methyl sites for hydroxylation is 1. The molecule has 120 valence electrons. The summed E-state index contributed by atoms with van der Waals surface area (Å²) < 4.78 is 5.08. The van der Waals surface area contributed by atoms with Crippen molar-refractivity contribution >= 4 is 28.2 Å². The Morgan fingerprint density at radius 1 is 1.48 bits per heavy atom. The highest BCUT2D eigenvalue weighted by molar-refractivity contribution is 7.99. The summed E-state index contributed by atoms with van der Waals surface area (Å²) in [4.78, 5) is 8.69. The number of anilines is 1. The van der Waals surface area contributed by atoms with E-state index >= 15 is 0 Å². The summed E-state index contributed by atoms with van der Waals surface area (Å²) in [5, 5.41) is 4.64. The Kier molecular flexibility index (Phi) is 7.29. The Morgan fingerprint density at radius 2 is 2.33 bits per heavy atom. The van der Waals surface area contributed by atoms with Gasteiger partial charge < -0.3 is 15.0 Å². The number of rotatable bonds is 9. The van der Waals surface area contributed by atoms with E-state index in [0.29, 0.717) is 6.04 Å². The van der Waals surface area contributed by atoms with E-state index in [1.165, 1.54) is 33.6 Å². The van der Waals surface area contributed by atoms with Crippen LogP contribution < -0.4 is 10.2 Å². The number of ether oxygens (including phenoxy) is 1. The van der Waals surface area contributed by atoms with Crippen molar-refractivity contribution in [2.45, 2.75) is 38.8 Å². The molecule has 1 aliphatic heterocycles. The Labute approximate surface area is 136 Å². The lowest BCUT2D eigenvalue weighted by Crippen LogP contribution is -2.31. The first-order chi connectivity index (χ1) is 10.3. The molecule has 0 aromatic carbocycles. The summed E-state index contributed by atoms with van der Waals surface area (Å²) in [6, 6.07) is 0.657. The van der Waals surface area contributed by atoms with Crippen LogP contribution in [0.1, 0.15) is 30.3 Å². The van der Waals surface area contributed by atoms with Crippen molar-refractivity contribution in [1.29, 1.82) is 0 Å². The predicted octanol–water partition coefficient (Wildman–Crippen LogP) is 2.77. The van der Waals surface area contributed by atoms with Gasteiger partial charge in [-0.1, -0.05) is 13.3 Å². The number of nitrogens with one attached hydrogen (secondary N) is 1. The molecule has 0 amide bonds. The van der Waals surface area contributed by atoms with Crippen LogP contribution in [0.15, 0.2) is 0 Å². The molecule has 1 fully saturated rings. The third-order valence-electron chi connectivity index (χ3n) is 3.78. The van der Waals surface area contributed by atoms with E-state index in [0.717, 1.165) is 32.5 Å². The van der Waals surface area contributed by atoms with Crippen LogP contribution in [0.4, 0.5) is 5.13 Å². The molecule has 21 heavy (non-hydrogen) atoms. The molecule has 2 rings (SSSR count). The van der Waals surface area contributed by atoms with Crippen LogP contribution in [0, 0.1) is 0 Å². The van der Waals surface area contributed by atoms with E-state index in [1.54, 1.807) is 7.11 Å². The molecule has 4 nitrogen and oxygen atoms in total. The fraction of sp³-hybridized carbons (Fsp3) is 0.800. The van der Waals surface area contributed by atoms with E-state index in [2.05, 4.69) is 35.9 Å². The predicted molar refractivity (Wildman–Crippen MR) is 93.8 cm³/mol. The maximum Gasteiger partial charge on any atom is 0.185 e. The van der Waals surface area contributed by atoms with Crippen LogP contribution >= 0.6 is 23.1 Å². The Bertz CT molecular complexity index is 419. The summed E-state index contributed by atoms with van der Waals surface area (Å²) in [7, 11) is 3.94. The maximum atomic E-state index is 5.08. The number of hydrogen-bond acceptors (Lipinski definition) is 6. The van der Waals surface area contributed by atoms with Crippen molar-refractivity contribution in [2.75, 3.05) is 43.7 Å². The maximum absolute atomic E-state index is 5.08. The largest absolute Gasteiger partial charge is 0.383 e. The zero-order chi connectivity index (χ0) is 15.1. The van der Waals surface area contributed by atoms with E-state index in [4.69, 9.17) is 9.72 Å². The molecule has 0 spiro atoms. The minimum atomic E-state index is 0.657. The van der Waals surface area contributed by atoms with Crippen LogP contribution in [-0.2, 0) is 17.7 Å². The molecule has 0 aliphatic carbocycles. The minimum absolute atomic E-state index is 0.657. The van der Waals surface area contributed by atoms with Crippen molar-refractivity contribution in [3.63, 3.8) is 0 Å². The molecule has 1 aromatic heterocycles. The number of hydrogen-bond donors (Lipinski definition) is 1. The van der Waals surface area contributed by atoms with Gasteiger partial charge in [-0.05, 0) is 18.6 Å². The Balaban J connectivity index is 2.00. The van der Waals surface area contributed by atoms with Gasteiger partial charge in [0.05, 0.1) is 12.3 Å². The zero-order valence-electron chi connectivity index (χ0n) is 13.4. The summed E-state index contributed by atoms with van der Waals surface area (Å²) in [6.45, 7) is 4.78. The van der Waals surface area contributed by atoms with E-state index in [-0.39, 0.29) is 0 Å². The van der Waals surface area contributed by atoms with Crippen molar-refractivity contribution < 1.29 is 4.74 Å². The van der Waals surface area contributed by atoms with E-state index < -0.39 is 0 Å². The highest BCUT2D eigenvalue weighted by atomic mass is 32.2. The number of thiazole rings is 1. The van der Waals surface area contributed by atoms with Crippen molar-refractivity contribution in [3.8, 4) is 0 Å². The number of methoxy groups -OCH3 is 1. The van der Waals surface area contributed by atoms with E-state index in [9.17, 15) is 0 Å². The van der Waals surface area contributed by atoms with Gasteiger partial charge in [-0.15, -0.1) is 11.3 Å². The molecule has 2 heterocycles. The summed E-state index contributed by atoms with van der Waals surface area (Å²) in [5.41, 5.74) is 1.28. The molecular weight excluding hydrogens is 302 g/mol. The summed E-state index contributed by atoms with van der Waals surface area (Å²) in [5.74, 6) is 2.52. The third-order valence-corrected chi connectivity index (χ3v) is 6.11. The first kappa shape index (κ1) is 17.1. The van der Waals surface area contributed by atoms with Crippen molar-refractivity contribution in [2.24, 2.45) is 0 Å². The molecule has 1 aliphatic rings. The lowest BCUT2D eigenvalue weighted by molar-refractivity contribution is 0.199. The Morgan fingerprint density at radius 3 is 3.00 bits per heavy atom. The second-order valence-electron chi connectivity index (χ2n) is 5.41. The van der Waals surface area contributed by atoms with Crippen LogP contribution in [-0.4, -0.2) is 49.8 Å². The molecule has 1 unspecified atom stereocenters. The standard InChI is InChI=1S/C15H27N3OS2/c1-4-5-13-14(10-16-7-8-19-3)21-15(17-13)18(2)12-6-9-20-11-12/h12,16H,4-11H2,1-3H3. The SMILES string of the molecule is CCCc1nc(N(C)C2CCSC2)sc1CNCCOC. The second kappa shape index (κ2) is 8.98. The van der Waals surface area contributed by atoms with Crippen LogP contribution in [0.3, 0.4) is 0 Å². The molecule has 1 atom stereocenters. The highest BCUT2D eigenvalue weighted by Crippen LogP contribution is 2.31. The van der Waals surface area contributed by atoms with Crippen LogP contribution in [0.2, 0.25) is 0 Å². The first-order valence-corrected chi connectivity index (χ1v) is 9.72. The Hall–Kier alpha value is -0.300. The van der Waals surface area contributed by atoms with Gasteiger partial charge >= 0.3 is 0 Å². The van der Waals surface area contributed by atoms with Gasteiger partial charge in [0.15, 0.2) is 5.13 Å². The second-order valence-corrected chi connectivity index (χ2v) is 7.63. The van der Waals surface area contributed by atoms with Gasteiger partial charge in [-0.25, -0.2) is 4.98 Å². The van der Waals surface area contributed by atoms with Crippen LogP contribution in [0.5, 0.6) is 0 Å². The lowest BCUT2D eigenvalue weighted by atomic mass is 10.2. The van der Waals surface area contributed by atoms with Gasteiger partial charge in [0.25, 0.3) is 0 Å². The van der Waals surface area contributed by atoms with Gasteiger partial charge in [-0.3, -0.25) is 0 Å². The number of nitrogens with zero attached hydrogens (tertiary/aromatic N) is 2. The zero-order valence-corrected chi connectivity index (χ0v) is 15.0. The highest BCUT2D eigenvalue weighted by Gasteiger charge is 2.23. The molecule has 6 heteroatoms. The average molecular weight is 330 g/mol. The number of aromatic nitrogens is 1.